The lowest BCUT2D eigenvalue weighted by atomic mass is 9.44. The average molecular weight is 529 g/mol. The number of aliphatic hydroxyl groups is 2. The Kier molecular flexibility index (Phi) is 7.45. The first-order valence-corrected chi connectivity index (χ1v) is 14.3. The summed E-state index contributed by atoms with van der Waals surface area (Å²) in [4.78, 5) is 11.5. The minimum atomic E-state index is -4.77. The molecule has 2 N–H and O–H groups in total. The van der Waals surface area contributed by atoms with Crippen LogP contribution in [0.5, 0.6) is 0 Å². The Morgan fingerprint density at radius 2 is 1.81 bits per heavy atom. The Morgan fingerprint density at radius 3 is 2.41 bits per heavy atom. The van der Waals surface area contributed by atoms with Crippen LogP contribution < -0.4 is 0 Å². The number of halogens is 3. The summed E-state index contributed by atoms with van der Waals surface area (Å²) in [5, 5.41) is 21.7. The van der Waals surface area contributed by atoms with Gasteiger partial charge in [-0.25, -0.2) is 0 Å². The van der Waals surface area contributed by atoms with Gasteiger partial charge in [-0.15, -0.1) is 0 Å². The largest absolute Gasteiger partial charge is 0.462 e. The maximum Gasteiger partial charge on any atom is 0.421 e. The van der Waals surface area contributed by atoms with Crippen molar-refractivity contribution in [3.63, 3.8) is 0 Å². The highest BCUT2D eigenvalue weighted by atomic mass is 19.4. The molecule has 4 nitrogen and oxygen atoms in total. The first kappa shape index (κ1) is 28.9. The van der Waals surface area contributed by atoms with Crippen molar-refractivity contribution in [2.45, 2.75) is 129 Å². The number of carbonyl (C=O) groups excluding carboxylic acids is 1. The molecule has 212 valence electrons. The summed E-state index contributed by atoms with van der Waals surface area (Å²) in [6.45, 7) is 11.5. The standard InChI is InChI=1S/C30H47F3O4/c1-18(8-7-13-26(3,4)35)22-9-10-23-25-24(12-15-28(22,23)6)27(5)14-11-21(37-19(2)34)16-20(27)17-29(25,36)30(31,32)33/h17-18,21-25,35-36H,7-16H2,1-6H3/t18-,21+,22?,23?,24?,25?,27+,28-,29-/m1/s1. The normalized spacial score (nSPS) is 42.8. The molecule has 0 spiro atoms. The minimum Gasteiger partial charge on any atom is -0.462 e. The highest BCUT2D eigenvalue weighted by Crippen LogP contribution is 2.70. The van der Waals surface area contributed by atoms with Gasteiger partial charge in [0.05, 0.1) is 5.60 Å². The maximum absolute atomic E-state index is 14.8. The van der Waals surface area contributed by atoms with E-state index in [1.165, 1.54) is 6.92 Å². The molecular formula is C30H47F3O4. The first-order chi connectivity index (χ1) is 16.9. The minimum absolute atomic E-state index is 0.194. The molecular weight excluding hydrogens is 481 g/mol. The third-order valence-corrected chi connectivity index (χ3v) is 11.2. The number of fused-ring (bicyclic) bond motifs is 5. The number of esters is 1. The van der Waals surface area contributed by atoms with Crippen LogP contribution in [0.4, 0.5) is 13.2 Å². The summed E-state index contributed by atoms with van der Waals surface area (Å²) in [7, 11) is 0. The zero-order valence-electron chi connectivity index (χ0n) is 23.5. The second kappa shape index (κ2) is 9.53. The van der Waals surface area contributed by atoms with Crippen molar-refractivity contribution in [2.75, 3.05) is 0 Å². The predicted octanol–water partition coefficient (Wildman–Crippen LogP) is 6.98. The van der Waals surface area contributed by atoms with Crippen molar-refractivity contribution in [3.05, 3.63) is 11.6 Å². The summed E-state index contributed by atoms with van der Waals surface area (Å²) in [5.41, 5.74) is -3.62. The Labute approximate surface area is 220 Å². The van der Waals surface area contributed by atoms with Gasteiger partial charge >= 0.3 is 12.1 Å². The van der Waals surface area contributed by atoms with Gasteiger partial charge in [0.25, 0.3) is 0 Å². The van der Waals surface area contributed by atoms with Crippen molar-refractivity contribution < 1.29 is 32.9 Å². The van der Waals surface area contributed by atoms with Gasteiger partial charge in [-0.05, 0) is 99.4 Å². The number of ether oxygens (including phenoxy) is 1. The first-order valence-electron chi connectivity index (χ1n) is 14.3. The molecule has 0 aromatic carbocycles. The van der Waals surface area contributed by atoms with Crippen LogP contribution in [0.1, 0.15) is 106 Å². The van der Waals surface area contributed by atoms with Gasteiger partial charge in [0.15, 0.2) is 5.60 Å². The number of hydrogen-bond acceptors (Lipinski definition) is 4. The monoisotopic (exact) mass is 528 g/mol. The third-order valence-electron chi connectivity index (χ3n) is 11.2. The molecule has 3 saturated carbocycles. The fourth-order valence-corrected chi connectivity index (χ4v) is 9.32. The van der Waals surface area contributed by atoms with Crippen molar-refractivity contribution in [2.24, 2.45) is 40.4 Å². The van der Waals surface area contributed by atoms with E-state index in [1.54, 1.807) is 0 Å². The van der Waals surface area contributed by atoms with Crippen molar-refractivity contribution in [1.82, 2.24) is 0 Å². The average Bonchev–Trinajstić information content (AvgIpc) is 3.10. The van der Waals surface area contributed by atoms with Gasteiger partial charge in [-0.3, -0.25) is 4.79 Å². The van der Waals surface area contributed by atoms with E-state index in [0.717, 1.165) is 31.8 Å². The number of hydrogen-bond donors (Lipinski definition) is 2. The molecule has 7 heteroatoms. The highest BCUT2D eigenvalue weighted by molar-refractivity contribution is 5.66. The van der Waals surface area contributed by atoms with E-state index in [4.69, 9.17) is 4.74 Å². The SMILES string of the molecule is CC(=O)O[C@H]1CC[C@@]2(C)C(=C[C@](O)(C(F)(F)F)C3C4CCC([C@H](C)CCCC(C)(C)O)[C@@]4(C)CCC32)C1. The summed E-state index contributed by atoms with van der Waals surface area (Å²) < 4.78 is 49.8. The van der Waals surface area contributed by atoms with E-state index >= 15 is 0 Å². The lowest BCUT2D eigenvalue weighted by molar-refractivity contribution is -0.291. The zero-order valence-corrected chi connectivity index (χ0v) is 23.5. The van der Waals surface area contributed by atoms with Gasteiger partial charge in [0.1, 0.15) is 6.10 Å². The molecule has 0 aliphatic heterocycles. The van der Waals surface area contributed by atoms with Crippen LogP contribution in [0.3, 0.4) is 0 Å². The third kappa shape index (κ3) is 5.01. The lowest BCUT2D eigenvalue weighted by Crippen LogP contribution is -2.64. The van der Waals surface area contributed by atoms with E-state index in [0.29, 0.717) is 49.5 Å². The second-order valence-corrected chi connectivity index (χ2v) is 14.0. The van der Waals surface area contributed by atoms with Crippen LogP contribution in [0.25, 0.3) is 0 Å². The quantitative estimate of drug-likeness (QED) is 0.288. The fraction of sp³-hybridized carbons (Fsp3) is 0.900. The summed E-state index contributed by atoms with van der Waals surface area (Å²) in [6.07, 6.45) is 3.25. The van der Waals surface area contributed by atoms with Gasteiger partial charge in [-0.1, -0.05) is 39.2 Å². The predicted molar refractivity (Wildman–Crippen MR) is 136 cm³/mol. The number of carbonyl (C=O) groups is 1. The number of alkyl halides is 3. The van der Waals surface area contributed by atoms with Crippen LogP contribution in [-0.4, -0.2) is 39.7 Å². The maximum atomic E-state index is 14.8. The Morgan fingerprint density at radius 1 is 1.14 bits per heavy atom. The van der Waals surface area contributed by atoms with E-state index in [9.17, 15) is 28.2 Å². The molecule has 3 fully saturated rings. The smallest absolute Gasteiger partial charge is 0.421 e. The Balaban J connectivity index is 1.66. The van der Waals surface area contributed by atoms with Crippen LogP contribution in [-0.2, 0) is 9.53 Å². The van der Waals surface area contributed by atoms with E-state index < -0.39 is 40.8 Å². The lowest BCUT2D eigenvalue weighted by Gasteiger charge is -2.62. The zero-order chi connectivity index (χ0) is 27.6. The number of rotatable bonds is 6. The molecule has 0 saturated heterocycles. The van der Waals surface area contributed by atoms with E-state index in [2.05, 4.69) is 20.8 Å². The van der Waals surface area contributed by atoms with Crippen molar-refractivity contribution >= 4 is 5.97 Å². The highest BCUT2D eigenvalue weighted by Gasteiger charge is 2.71. The molecule has 0 aromatic rings. The molecule has 9 atom stereocenters. The molecule has 0 aromatic heterocycles. The van der Waals surface area contributed by atoms with Gasteiger partial charge < -0.3 is 14.9 Å². The summed E-state index contributed by atoms with van der Waals surface area (Å²) >= 11 is 0. The van der Waals surface area contributed by atoms with E-state index in [1.807, 2.05) is 13.8 Å². The molecule has 37 heavy (non-hydrogen) atoms. The second-order valence-electron chi connectivity index (χ2n) is 14.0. The summed E-state index contributed by atoms with van der Waals surface area (Å²) in [6, 6.07) is 0. The molecule has 4 aliphatic rings. The van der Waals surface area contributed by atoms with Crippen LogP contribution in [0.15, 0.2) is 11.6 Å². The van der Waals surface area contributed by atoms with Crippen molar-refractivity contribution in [1.29, 1.82) is 0 Å². The van der Waals surface area contributed by atoms with Gasteiger partial charge in [-0.2, -0.15) is 13.2 Å². The Bertz CT molecular complexity index is 907. The molecule has 4 aliphatic carbocycles. The molecule has 0 heterocycles. The van der Waals surface area contributed by atoms with Crippen molar-refractivity contribution in [3.8, 4) is 0 Å². The molecule has 0 amide bonds. The van der Waals surface area contributed by atoms with Crippen LogP contribution in [0, 0.1) is 40.4 Å². The Hall–Kier alpha value is -1.08. The van der Waals surface area contributed by atoms with E-state index in [-0.39, 0.29) is 23.7 Å². The topological polar surface area (TPSA) is 66.8 Å². The van der Waals surface area contributed by atoms with Gasteiger partial charge in [0.2, 0.25) is 0 Å². The molecule has 0 radical (unpaired) electrons. The molecule has 4 rings (SSSR count). The summed E-state index contributed by atoms with van der Waals surface area (Å²) in [5.74, 6) is -1.05. The fourth-order valence-electron chi connectivity index (χ4n) is 9.32. The van der Waals surface area contributed by atoms with Crippen LogP contribution >= 0.6 is 0 Å². The molecule has 4 unspecified atom stereocenters. The molecule has 0 bridgehead atoms. The van der Waals surface area contributed by atoms with Gasteiger partial charge in [0, 0.05) is 19.3 Å². The van der Waals surface area contributed by atoms with Crippen LogP contribution in [0.2, 0.25) is 0 Å².